The van der Waals surface area contributed by atoms with Crippen molar-refractivity contribution in [1.82, 2.24) is 9.88 Å². The van der Waals surface area contributed by atoms with E-state index in [1.807, 2.05) is 23.1 Å². The number of pyridine rings is 1. The maximum absolute atomic E-state index is 12.7. The number of aryl methyl sites for hydroxylation is 2. The highest BCUT2D eigenvalue weighted by atomic mass is 32.1. The van der Waals surface area contributed by atoms with Crippen LogP contribution in [0, 0.1) is 13.8 Å². The first kappa shape index (κ1) is 17.6. The molecule has 1 amide bonds. The number of aromatic nitrogens is 1. The van der Waals surface area contributed by atoms with Crippen LogP contribution in [0.5, 0.6) is 0 Å². The van der Waals surface area contributed by atoms with Crippen molar-refractivity contribution in [3.63, 3.8) is 0 Å². The first-order valence-corrected chi connectivity index (χ1v) is 9.87. The standard InChI is InChI=1S/C20H24N2O3S/c1-14-9-18(26-15(14)2)19(23)22-12-20(13-22)10-17(5-8-25-20)24-11-16-3-6-21-7-4-16/h3-4,6-7,9,17H,5,8,10-13H2,1-2H3/t17-/m0/s1. The summed E-state index contributed by atoms with van der Waals surface area (Å²) in [4.78, 5) is 20.6. The zero-order valence-corrected chi connectivity index (χ0v) is 16.1. The number of amides is 1. The Morgan fingerprint density at radius 3 is 2.85 bits per heavy atom. The number of thiophene rings is 1. The topological polar surface area (TPSA) is 51.7 Å². The van der Waals surface area contributed by atoms with Crippen molar-refractivity contribution in [3.05, 3.63) is 51.5 Å². The minimum atomic E-state index is -0.224. The number of carbonyl (C=O) groups is 1. The first-order chi connectivity index (χ1) is 12.5. The Kier molecular flexibility index (Phi) is 4.82. The van der Waals surface area contributed by atoms with Crippen LogP contribution in [0.3, 0.4) is 0 Å². The molecule has 0 N–H and O–H groups in total. The van der Waals surface area contributed by atoms with Crippen molar-refractivity contribution in [2.45, 2.75) is 45.0 Å². The van der Waals surface area contributed by atoms with Crippen LogP contribution in [0.15, 0.2) is 30.6 Å². The van der Waals surface area contributed by atoms with Gasteiger partial charge in [-0.2, -0.15) is 0 Å². The second kappa shape index (κ2) is 7.10. The van der Waals surface area contributed by atoms with E-state index >= 15 is 0 Å². The molecule has 1 atom stereocenters. The summed E-state index contributed by atoms with van der Waals surface area (Å²) in [6.07, 6.45) is 5.51. The van der Waals surface area contributed by atoms with Gasteiger partial charge < -0.3 is 14.4 Å². The zero-order chi connectivity index (χ0) is 18.1. The van der Waals surface area contributed by atoms with Gasteiger partial charge in [-0.3, -0.25) is 9.78 Å². The summed E-state index contributed by atoms with van der Waals surface area (Å²) in [5.74, 6) is 0.125. The second-order valence-electron chi connectivity index (χ2n) is 7.32. The van der Waals surface area contributed by atoms with Gasteiger partial charge in [0.25, 0.3) is 5.91 Å². The number of likely N-dealkylation sites (tertiary alicyclic amines) is 1. The van der Waals surface area contributed by atoms with E-state index in [0.29, 0.717) is 26.3 Å². The van der Waals surface area contributed by atoms with Gasteiger partial charge in [0.2, 0.25) is 0 Å². The molecule has 1 spiro atoms. The largest absolute Gasteiger partial charge is 0.373 e. The summed E-state index contributed by atoms with van der Waals surface area (Å²) in [6.45, 7) is 6.73. The highest BCUT2D eigenvalue weighted by Crippen LogP contribution is 2.37. The molecule has 2 aromatic heterocycles. The van der Waals surface area contributed by atoms with Crippen molar-refractivity contribution in [1.29, 1.82) is 0 Å². The molecule has 5 nitrogen and oxygen atoms in total. The van der Waals surface area contributed by atoms with Crippen molar-refractivity contribution < 1.29 is 14.3 Å². The van der Waals surface area contributed by atoms with Gasteiger partial charge >= 0.3 is 0 Å². The molecule has 2 aliphatic heterocycles. The van der Waals surface area contributed by atoms with Gasteiger partial charge in [-0.1, -0.05) is 0 Å². The number of nitrogens with zero attached hydrogens (tertiary/aromatic N) is 2. The van der Waals surface area contributed by atoms with Crippen LogP contribution in [0.4, 0.5) is 0 Å². The number of rotatable bonds is 4. The lowest BCUT2D eigenvalue weighted by molar-refractivity contribution is -0.187. The van der Waals surface area contributed by atoms with E-state index in [0.717, 1.165) is 23.3 Å². The highest BCUT2D eigenvalue weighted by Gasteiger charge is 2.49. The predicted octanol–water partition coefficient (Wildman–Crippen LogP) is 3.35. The zero-order valence-electron chi connectivity index (χ0n) is 15.2. The molecule has 0 saturated carbocycles. The minimum Gasteiger partial charge on any atom is -0.373 e. The molecular weight excluding hydrogens is 348 g/mol. The fourth-order valence-electron chi connectivity index (χ4n) is 3.67. The Labute approximate surface area is 157 Å². The van der Waals surface area contributed by atoms with E-state index in [2.05, 4.69) is 18.8 Å². The molecule has 4 rings (SSSR count). The Hall–Kier alpha value is -1.76. The summed E-state index contributed by atoms with van der Waals surface area (Å²) in [6, 6.07) is 5.95. The molecule has 2 fully saturated rings. The number of ether oxygens (including phenoxy) is 2. The van der Waals surface area contributed by atoms with Crippen molar-refractivity contribution in [2.24, 2.45) is 0 Å². The molecule has 138 valence electrons. The Balaban J connectivity index is 1.32. The maximum atomic E-state index is 12.7. The lowest BCUT2D eigenvalue weighted by Gasteiger charge is -2.52. The van der Waals surface area contributed by atoms with Gasteiger partial charge in [-0.25, -0.2) is 0 Å². The second-order valence-corrected chi connectivity index (χ2v) is 8.58. The number of hydrogen-bond donors (Lipinski definition) is 0. The lowest BCUT2D eigenvalue weighted by atomic mass is 9.84. The van der Waals surface area contributed by atoms with Crippen molar-refractivity contribution in [3.8, 4) is 0 Å². The van der Waals surface area contributed by atoms with Gasteiger partial charge in [0.1, 0.15) is 5.60 Å². The maximum Gasteiger partial charge on any atom is 0.264 e. The Bertz CT molecular complexity index is 764. The van der Waals surface area contributed by atoms with Crippen LogP contribution in [-0.4, -0.2) is 47.2 Å². The van der Waals surface area contributed by atoms with Gasteiger partial charge in [0.05, 0.1) is 30.7 Å². The molecule has 0 bridgehead atoms. The fourth-order valence-corrected chi connectivity index (χ4v) is 4.67. The fraction of sp³-hybridized carbons (Fsp3) is 0.500. The van der Waals surface area contributed by atoms with E-state index in [-0.39, 0.29) is 17.6 Å². The predicted molar refractivity (Wildman–Crippen MR) is 100 cm³/mol. The average Bonchev–Trinajstić information content (AvgIpc) is 2.97. The third-order valence-electron chi connectivity index (χ3n) is 5.30. The third kappa shape index (κ3) is 3.54. The monoisotopic (exact) mass is 372 g/mol. The van der Waals surface area contributed by atoms with Gasteiger partial charge in [0.15, 0.2) is 0 Å². The van der Waals surface area contributed by atoms with Gasteiger partial charge in [0, 0.05) is 30.3 Å². The summed E-state index contributed by atoms with van der Waals surface area (Å²) < 4.78 is 12.1. The lowest BCUT2D eigenvalue weighted by Crippen LogP contribution is -2.67. The Morgan fingerprint density at radius 1 is 1.38 bits per heavy atom. The van der Waals surface area contributed by atoms with E-state index in [1.54, 1.807) is 23.7 Å². The molecule has 0 aliphatic carbocycles. The molecule has 2 aliphatic rings. The number of carbonyl (C=O) groups excluding carboxylic acids is 1. The smallest absolute Gasteiger partial charge is 0.264 e. The van der Waals surface area contributed by atoms with Crippen molar-refractivity contribution >= 4 is 17.2 Å². The van der Waals surface area contributed by atoms with E-state index in [4.69, 9.17) is 9.47 Å². The summed E-state index contributed by atoms with van der Waals surface area (Å²) in [5.41, 5.74) is 2.10. The molecule has 6 heteroatoms. The van der Waals surface area contributed by atoms with Crippen LogP contribution in [0.1, 0.15) is 38.5 Å². The van der Waals surface area contributed by atoms with Crippen LogP contribution in [0.2, 0.25) is 0 Å². The summed E-state index contributed by atoms with van der Waals surface area (Å²) >= 11 is 1.58. The summed E-state index contributed by atoms with van der Waals surface area (Å²) in [5, 5.41) is 0. The normalized spacial score (nSPS) is 21.6. The first-order valence-electron chi connectivity index (χ1n) is 9.05. The molecule has 26 heavy (non-hydrogen) atoms. The molecular formula is C20H24N2O3S. The molecule has 4 heterocycles. The van der Waals surface area contributed by atoms with Crippen LogP contribution in [-0.2, 0) is 16.1 Å². The van der Waals surface area contributed by atoms with Crippen LogP contribution in [0.25, 0.3) is 0 Å². The molecule has 2 saturated heterocycles. The highest BCUT2D eigenvalue weighted by molar-refractivity contribution is 7.14. The minimum absolute atomic E-state index is 0.125. The third-order valence-corrected chi connectivity index (χ3v) is 6.45. The van der Waals surface area contributed by atoms with Crippen LogP contribution < -0.4 is 0 Å². The van der Waals surface area contributed by atoms with Crippen molar-refractivity contribution in [2.75, 3.05) is 19.7 Å². The van der Waals surface area contributed by atoms with Gasteiger partial charge in [-0.15, -0.1) is 11.3 Å². The molecule has 0 aromatic carbocycles. The average molecular weight is 372 g/mol. The van der Waals surface area contributed by atoms with E-state index in [1.165, 1.54) is 10.4 Å². The van der Waals surface area contributed by atoms with E-state index < -0.39 is 0 Å². The van der Waals surface area contributed by atoms with E-state index in [9.17, 15) is 4.79 Å². The quantitative estimate of drug-likeness (QED) is 0.826. The summed E-state index contributed by atoms with van der Waals surface area (Å²) in [7, 11) is 0. The number of hydrogen-bond acceptors (Lipinski definition) is 5. The SMILES string of the molecule is Cc1cc(C(=O)N2CC3(C[C@@H](OCc4ccncc4)CCO3)C2)sc1C. The molecule has 0 radical (unpaired) electrons. The van der Waals surface area contributed by atoms with Gasteiger partial charge in [-0.05, 0) is 49.6 Å². The molecule has 0 unspecified atom stereocenters. The van der Waals surface area contributed by atoms with Crippen LogP contribution >= 0.6 is 11.3 Å². The Morgan fingerprint density at radius 2 is 2.15 bits per heavy atom. The molecule has 2 aromatic rings.